The smallest absolute Gasteiger partial charge is 0.456 e. The molecule has 2 aromatic heterocycles. The molecule has 1 saturated heterocycles. The van der Waals surface area contributed by atoms with Crippen LogP contribution in [0.3, 0.4) is 0 Å². The number of benzene rings is 3. The highest BCUT2D eigenvalue weighted by molar-refractivity contribution is 7.66. The average Bonchev–Trinajstić information content (AvgIpc) is 1.33. The number of nitrogen functional groups attached to an aromatic ring is 1. The third-order valence-electron chi connectivity index (χ3n) is 14.8. The molecule has 6 heterocycles. The molecule has 2 amide bonds. The van der Waals surface area contributed by atoms with Gasteiger partial charge in [0.05, 0.1) is 41.8 Å². The molecule has 1 fully saturated rings. The number of ether oxygens (including phenoxy) is 2. The minimum Gasteiger partial charge on any atom is -0.456 e. The molecule has 3 aromatic carbocycles. The Labute approximate surface area is 472 Å². The largest absolute Gasteiger partial charge is 0.490 e. The van der Waals surface area contributed by atoms with Crippen molar-refractivity contribution in [1.82, 2.24) is 29.3 Å². The Kier molecular flexibility index (Phi) is 16.5. The Morgan fingerprint density at radius 1 is 0.963 bits per heavy atom. The van der Waals surface area contributed by atoms with Crippen LogP contribution in [0, 0.1) is 11.8 Å². The number of fused-ring (bicyclic) bond motifs is 5. The third-order valence-corrected chi connectivity index (χ3v) is 18.7. The van der Waals surface area contributed by atoms with Crippen LogP contribution in [-0.2, 0) is 36.4 Å². The molecule has 5 atom stereocenters. The molecule has 0 saturated carbocycles. The number of nitrogens with zero attached hydrogens (tertiary/aromatic N) is 5. The molecular weight excluding hydrogens is 1120 g/mol. The van der Waals surface area contributed by atoms with Gasteiger partial charge in [0.25, 0.3) is 11.5 Å². The summed E-state index contributed by atoms with van der Waals surface area (Å²) in [5, 5.41) is 15.4. The summed E-state index contributed by atoms with van der Waals surface area (Å²) < 4.78 is 63.7. The van der Waals surface area contributed by atoms with Crippen LogP contribution in [0.5, 0.6) is 11.5 Å². The number of aromatic nitrogens is 3. The number of aromatic amines is 1. The van der Waals surface area contributed by atoms with Gasteiger partial charge in [-0.2, -0.15) is 13.6 Å². The highest BCUT2D eigenvalue weighted by atomic mass is 31.3. The number of phosphoric acid groups is 3. The molecule has 0 bridgehead atoms. The Hall–Kier alpha value is -6.54. The zero-order valence-corrected chi connectivity index (χ0v) is 49.3. The number of allylic oxidation sites excluding steroid dienone is 2. The number of phosphoric ester groups is 1. The van der Waals surface area contributed by atoms with E-state index in [1.54, 1.807) is 11.9 Å². The van der Waals surface area contributed by atoms with Gasteiger partial charge in [0, 0.05) is 97.8 Å². The highest BCUT2D eigenvalue weighted by Crippen LogP contribution is 2.66. The lowest BCUT2D eigenvalue weighted by Crippen LogP contribution is -2.49. The lowest BCUT2D eigenvalue weighted by Gasteiger charge is -2.43. The summed E-state index contributed by atoms with van der Waals surface area (Å²) in [6.07, 6.45) is 2.24. The predicted octanol–water partition coefficient (Wildman–Crippen LogP) is 5.40. The van der Waals surface area contributed by atoms with Crippen molar-refractivity contribution in [3.63, 3.8) is 0 Å². The number of amides is 2. The van der Waals surface area contributed by atoms with Crippen LogP contribution in [0.25, 0.3) is 27.8 Å². The molecule has 436 valence electrons. The summed E-state index contributed by atoms with van der Waals surface area (Å²) in [7, 11) is -15.3. The maximum atomic E-state index is 14.7. The summed E-state index contributed by atoms with van der Waals surface area (Å²) in [5.41, 5.74) is 13.4. The van der Waals surface area contributed by atoms with Gasteiger partial charge in [0.15, 0.2) is 11.2 Å². The summed E-state index contributed by atoms with van der Waals surface area (Å²) in [6.45, 7) is 18.1. The number of likely N-dealkylation sites (N-methyl/N-ethyl adjacent to an activating group) is 2. The summed E-state index contributed by atoms with van der Waals surface area (Å²) in [4.78, 5) is 88.6. The topological polar surface area (TPSA) is 331 Å². The van der Waals surface area contributed by atoms with Crippen LogP contribution >= 0.6 is 23.5 Å². The van der Waals surface area contributed by atoms with E-state index in [4.69, 9.17) is 25.0 Å². The van der Waals surface area contributed by atoms with Crippen molar-refractivity contribution in [3.8, 4) is 23.3 Å². The van der Waals surface area contributed by atoms with Crippen LogP contribution in [-0.4, -0.2) is 119 Å². The number of aliphatic hydroxyl groups excluding tert-OH is 1. The van der Waals surface area contributed by atoms with Gasteiger partial charge in [-0.05, 0) is 88.9 Å². The first-order valence-electron chi connectivity index (χ1n) is 26.4. The quantitative estimate of drug-likeness (QED) is 0.0322. The minimum atomic E-state index is -5.80. The summed E-state index contributed by atoms with van der Waals surface area (Å²) in [5.74, 6) is 6.22. The first-order valence-corrected chi connectivity index (χ1v) is 30.9. The molecule has 0 aliphatic carbocycles. The van der Waals surface area contributed by atoms with E-state index in [1.165, 1.54) is 10.8 Å². The first kappa shape index (κ1) is 60.1. The third kappa shape index (κ3) is 12.2. The van der Waals surface area contributed by atoms with Crippen molar-refractivity contribution in [2.24, 2.45) is 0 Å². The normalized spacial score (nSPS) is 20.2. The fourth-order valence-corrected chi connectivity index (χ4v) is 14.5. The lowest BCUT2D eigenvalue weighted by atomic mass is 9.83. The van der Waals surface area contributed by atoms with Gasteiger partial charge in [-0.15, -0.1) is 0 Å². The zero-order chi connectivity index (χ0) is 59.6. The van der Waals surface area contributed by atoms with Crippen molar-refractivity contribution in [1.29, 1.82) is 0 Å². The minimum absolute atomic E-state index is 0.0139. The molecule has 82 heavy (non-hydrogen) atoms. The molecule has 4 aliphatic rings. The van der Waals surface area contributed by atoms with E-state index in [0.717, 1.165) is 68.3 Å². The monoisotopic (exact) mass is 1190 g/mol. The van der Waals surface area contributed by atoms with Crippen LogP contribution < -0.4 is 41.4 Å². The molecule has 0 spiro atoms. The number of hydrogen-bond acceptors (Lipinski definition) is 15. The number of aliphatic hydroxyl groups is 1. The van der Waals surface area contributed by atoms with E-state index in [1.807, 2.05) is 24.3 Å². The Morgan fingerprint density at radius 3 is 2.39 bits per heavy atom. The maximum absolute atomic E-state index is 14.7. The Morgan fingerprint density at radius 2 is 1.68 bits per heavy atom. The van der Waals surface area contributed by atoms with Crippen LogP contribution in [0.2, 0.25) is 0 Å². The van der Waals surface area contributed by atoms with Gasteiger partial charge in [-0.1, -0.05) is 36.1 Å². The van der Waals surface area contributed by atoms with Gasteiger partial charge in [0.1, 0.15) is 30.4 Å². The molecule has 4 aliphatic heterocycles. The molecule has 9 rings (SSSR count). The molecular formula is C55H66N8O16P3+. The Balaban J connectivity index is 0.903. The second-order valence-corrected chi connectivity index (χ2v) is 26.0. The molecule has 0 radical (unpaired) electrons. The number of hydrogen-bond donors (Lipinski definition) is 8. The second kappa shape index (κ2) is 22.6. The van der Waals surface area contributed by atoms with Crippen LogP contribution in [0.1, 0.15) is 119 Å². The predicted molar refractivity (Wildman–Crippen MR) is 306 cm³/mol. The molecule has 9 N–H and O–H groups in total. The first-order chi connectivity index (χ1) is 38.4. The zero-order valence-electron chi connectivity index (χ0n) is 46.6. The second-order valence-electron chi connectivity index (χ2n) is 21.5. The fraction of sp³-hybridized carbons (Fsp3) is 0.400. The average molecular weight is 1190 g/mol. The van der Waals surface area contributed by atoms with Crippen molar-refractivity contribution in [2.45, 2.75) is 104 Å². The van der Waals surface area contributed by atoms with Crippen molar-refractivity contribution >= 4 is 74.7 Å². The van der Waals surface area contributed by atoms with Crippen molar-refractivity contribution < 1.29 is 70.6 Å². The van der Waals surface area contributed by atoms with Crippen LogP contribution in [0.4, 0.5) is 11.6 Å². The van der Waals surface area contributed by atoms with Crippen LogP contribution in [0.15, 0.2) is 71.7 Å². The van der Waals surface area contributed by atoms with E-state index in [-0.39, 0.29) is 71.4 Å². The molecule has 27 heteroatoms. The number of nitrogens with two attached hydrogens (primary N) is 1. The molecule has 2 unspecified atom stereocenters. The maximum Gasteiger partial charge on any atom is 0.490 e. The SMILES string of the molecule is CCN1c2cc3c(cc2C(C)=CC1(C)C)C(c1ccccc1C(=O)N(C)CCCC(=O)NCC#Cc1cn([C@H]2C[C@H](O)[C@@H](COP(=O)(O)OP(=O)(O)OP(=O)(O)O)O2)c2nc(N)[nH]c(=O)c12)=c1cc2c(cc1O3)=[N+](CC)C(C)(C)C=C2C. The van der Waals surface area contributed by atoms with Crippen molar-refractivity contribution in [2.75, 3.05) is 50.5 Å². The van der Waals surface area contributed by atoms with E-state index in [0.29, 0.717) is 23.5 Å². The standard InChI is InChI=1S/C55H65N8O16P3/c1-10-62-40-24-43-38(22-36(40)31(3)27-54(62,5)6)49(39-23-37-32(4)28-55(7,8)63(11-2)41(37)25-44(39)76-43)34-17-12-13-18-35(34)52(67)60(9)21-15-19-46(65)57-20-14-16-33-29-61(50-48(33)51(66)59-53(56)58-50)47-26-42(64)45(77-47)30-75-81(71,72)79-82(73,74)78-80(68,69)70/h12-13,17-18,22-25,27-29,42,45,47,64H,10-11,15,19-21,26,30H2,1-9H3,(H7-,56,57,58,59,65,66,68,69,70,71,72,73,74)/p+1/t42-,45+,47+/m0/s1. The van der Waals surface area contributed by atoms with E-state index >= 15 is 0 Å². The molecule has 5 aromatic rings. The number of nitrogens with one attached hydrogen (secondary N) is 2. The van der Waals surface area contributed by atoms with Gasteiger partial charge < -0.3 is 59.6 Å². The number of rotatable bonds is 17. The van der Waals surface area contributed by atoms with E-state index in [2.05, 4.69) is 142 Å². The van der Waals surface area contributed by atoms with E-state index < -0.39 is 54.1 Å². The Bertz CT molecular complexity index is 3950. The van der Waals surface area contributed by atoms with Gasteiger partial charge in [0.2, 0.25) is 17.2 Å². The van der Waals surface area contributed by atoms with Gasteiger partial charge >= 0.3 is 23.5 Å². The molecule has 24 nitrogen and oxygen atoms in total. The van der Waals surface area contributed by atoms with Crippen molar-refractivity contribution in [3.05, 3.63) is 121 Å². The number of anilines is 2. The summed E-state index contributed by atoms with van der Waals surface area (Å²) in [6, 6.07) is 16.3. The number of carbonyl (C=O) groups is 2. The lowest BCUT2D eigenvalue weighted by molar-refractivity contribution is -0.121. The van der Waals surface area contributed by atoms with Gasteiger partial charge in [-0.25, -0.2) is 18.3 Å². The van der Waals surface area contributed by atoms with Gasteiger partial charge in [-0.3, -0.25) is 23.9 Å². The number of H-pyrrole nitrogens is 1. The number of carbonyl (C=O) groups excluding carboxylic acids is 2. The highest BCUT2D eigenvalue weighted by Gasteiger charge is 2.44. The summed E-state index contributed by atoms with van der Waals surface area (Å²) >= 11 is 0. The van der Waals surface area contributed by atoms with E-state index in [9.17, 15) is 43.0 Å². The fourth-order valence-electron chi connectivity index (χ4n) is 11.5.